The van der Waals surface area contributed by atoms with Crippen LogP contribution >= 0.6 is 0 Å². The van der Waals surface area contributed by atoms with Crippen LogP contribution in [0.5, 0.6) is 0 Å². The van der Waals surface area contributed by atoms with Crippen LogP contribution in [0.1, 0.15) is 40.9 Å². The Morgan fingerprint density at radius 3 is 2.80 bits per heavy atom. The number of hydrogen-bond acceptors (Lipinski definition) is 4. The third-order valence-corrected chi connectivity index (χ3v) is 4.70. The van der Waals surface area contributed by atoms with Gasteiger partial charge in [0.05, 0.1) is 6.04 Å². The first kappa shape index (κ1) is 15.6. The summed E-state index contributed by atoms with van der Waals surface area (Å²) in [7, 11) is 1.84. The fraction of sp³-hybridized carbons (Fsp3) is 0.333. The molecular formula is C18H20N6O. The monoisotopic (exact) mass is 336 g/mol. The predicted octanol–water partition coefficient (Wildman–Crippen LogP) is 2.49. The minimum atomic E-state index is -0.0835. The second-order valence-corrected chi connectivity index (χ2v) is 6.36. The molecule has 0 unspecified atom stereocenters. The van der Waals surface area contributed by atoms with Crippen molar-refractivity contribution in [3.63, 3.8) is 0 Å². The van der Waals surface area contributed by atoms with E-state index in [2.05, 4.69) is 20.3 Å². The van der Waals surface area contributed by atoms with Crippen LogP contribution in [0.25, 0.3) is 11.4 Å². The Labute approximate surface area is 145 Å². The average molecular weight is 336 g/mol. The van der Waals surface area contributed by atoms with E-state index in [9.17, 15) is 4.79 Å². The van der Waals surface area contributed by atoms with Crippen LogP contribution in [0.4, 0.5) is 0 Å². The van der Waals surface area contributed by atoms with Crippen LogP contribution in [0.3, 0.4) is 0 Å². The van der Waals surface area contributed by atoms with E-state index in [0.717, 1.165) is 29.9 Å². The van der Waals surface area contributed by atoms with Crippen molar-refractivity contribution in [1.82, 2.24) is 29.9 Å². The van der Waals surface area contributed by atoms with Gasteiger partial charge >= 0.3 is 0 Å². The van der Waals surface area contributed by atoms with Gasteiger partial charge in [0.2, 0.25) is 0 Å². The number of nitrogens with one attached hydrogen (secondary N) is 1. The smallest absolute Gasteiger partial charge is 0.274 e. The quantitative estimate of drug-likeness (QED) is 0.797. The van der Waals surface area contributed by atoms with Gasteiger partial charge in [-0.3, -0.25) is 14.6 Å². The number of amides is 1. The van der Waals surface area contributed by atoms with Crippen LogP contribution in [0.2, 0.25) is 0 Å². The lowest BCUT2D eigenvalue weighted by Gasteiger charge is -2.21. The summed E-state index contributed by atoms with van der Waals surface area (Å²) in [5.41, 5.74) is 2.40. The van der Waals surface area contributed by atoms with E-state index in [-0.39, 0.29) is 11.9 Å². The number of rotatable bonds is 3. The molecule has 25 heavy (non-hydrogen) atoms. The minimum Gasteiger partial charge on any atom is -0.327 e. The first-order valence-electron chi connectivity index (χ1n) is 8.43. The van der Waals surface area contributed by atoms with Gasteiger partial charge in [0.1, 0.15) is 5.82 Å². The summed E-state index contributed by atoms with van der Waals surface area (Å²) in [5, 5.41) is 11.7. The first-order chi connectivity index (χ1) is 12.1. The molecule has 1 aliphatic rings. The van der Waals surface area contributed by atoms with Gasteiger partial charge in [-0.2, -0.15) is 10.2 Å². The van der Waals surface area contributed by atoms with Crippen molar-refractivity contribution >= 4 is 5.91 Å². The summed E-state index contributed by atoms with van der Waals surface area (Å²) in [6.07, 6.45) is 1.82. The van der Waals surface area contributed by atoms with Gasteiger partial charge in [-0.15, -0.1) is 0 Å². The van der Waals surface area contributed by atoms with E-state index in [0.29, 0.717) is 18.1 Å². The van der Waals surface area contributed by atoms with Crippen LogP contribution in [0, 0.1) is 6.92 Å². The molecule has 1 aromatic carbocycles. The van der Waals surface area contributed by atoms with Gasteiger partial charge in [-0.25, -0.2) is 4.98 Å². The number of aryl methyl sites for hydroxylation is 2. The molecule has 3 aromatic rings. The van der Waals surface area contributed by atoms with E-state index in [1.54, 1.807) is 4.68 Å². The normalized spacial score (nSPS) is 17.2. The van der Waals surface area contributed by atoms with E-state index >= 15 is 0 Å². The molecule has 4 rings (SSSR count). The number of carbonyl (C=O) groups excluding carboxylic acids is 1. The van der Waals surface area contributed by atoms with E-state index < -0.39 is 0 Å². The molecule has 0 radical (unpaired) electrons. The molecule has 0 saturated carbocycles. The average Bonchev–Trinajstić information content (AvgIpc) is 3.35. The molecule has 0 bridgehead atoms. The molecule has 1 atom stereocenters. The molecule has 0 aliphatic carbocycles. The highest BCUT2D eigenvalue weighted by Crippen LogP contribution is 2.32. The summed E-state index contributed by atoms with van der Waals surface area (Å²) >= 11 is 0. The van der Waals surface area contributed by atoms with Crippen LogP contribution < -0.4 is 0 Å². The molecule has 1 amide bonds. The summed E-state index contributed by atoms with van der Waals surface area (Å²) in [4.78, 5) is 19.3. The number of nitrogens with zero attached hydrogens (tertiary/aromatic N) is 5. The maximum absolute atomic E-state index is 12.9. The molecule has 3 heterocycles. The van der Waals surface area contributed by atoms with Crippen molar-refractivity contribution in [2.24, 2.45) is 7.05 Å². The zero-order valence-electron chi connectivity index (χ0n) is 14.3. The van der Waals surface area contributed by atoms with Gasteiger partial charge in [-0.05, 0) is 25.8 Å². The van der Waals surface area contributed by atoms with Crippen molar-refractivity contribution in [3.8, 4) is 11.4 Å². The zero-order valence-corrected chi connectivity index (χ0v) is 14.3. The highest BCUT2D eigenvalue weighted by atomic mass is 16.2. The maximum atomic E-state index is 12.9. The Balaban J connectivity index is 1.59. The van der Waals surface area contributed by atoms with Crippen molar-refractivity contribution in [3.05, 3.63) is 53.6 Å². The molecule has 1 fully saturated rings. The Morgan fingerprint density at radius 1 is 1.28 bits per heavy atom. The summed E-state index contributed by atoms with van der Waals surface area (Å²) in [5.74, 6) is 1.34. The highest BCUT2D eigenvalue weighted by molar-refractivity contribution is 5.92. The van der Waals surface area contributed by atoms with Crippen LogP contribution in [-0.4, -0.2) is 42.3 Å². The lowest BCUT2D eigenvalue weighted by molar-refractivity contribution is 0.0723. The fourth-order valence-corrected chi connectivity index (χ4v) is 3.25. The van der Waals surface area contributed by atoms with Crippen LogP contribution in [0.15, 0.2) is 36.4 Å². The fourth-order valence-electron chi connectivity index (χ4n) is 3.25. The van der Waals surface area contributed by atoms with Gasteiger partial charge in [0.25, 0.3) is 5.91 Å². The number of carbonyl (C=O) groups is 1. The highest BCUT2D eigenvalue weighted by Gasteiger charge is 2.34. The topological polar surface area (TPSA) is 79.7 Å². The van der Waals surface area contributed by atoms with E-state index in [1.807, 2.05) is 55.3 Å². The van der Waals surface area contributed by atoms with Crippen molar-refractivity contribution in [2.75, 3.05) is 6.54 Å². The van der Waals surface area contributed by atoms with E-state index in [4.69, 9.17) is 0 Å². The lowest BCUT2D eigenvalue weighted by Crippen LogP contribution is -2.31. The SMILES string of the molecule is Cc1cc(C(=O)N2CCC[C@H]2c2nc(-c3ccccc3)n[nH]2)nn1C. The molecule has 1 saturated heterocycles. The summed E-state index contributed by atoms with van der Waals surface area (Å²) in [6, 6.07) is 11.6. The Morgan fingerprint density at radius 2 is 2.08 bits per heavy atom. The Kier molecular flexibility index (Phi) is 3.83. The molecule has 1 aliphatic heterocycles. The van der Waals surface area contributed by atoms with Gasteiger partial charge in [-0.1, -0.05) is 30.3 Å². The third-order valence-electron chi connectivity index (χ3n) is 4.70. The molecule has 1 N–H and O–H groups in total. The Bertz CT molecular complexity index is 878. The molecule has 128 valence electrons. The molecule has 0 spiro atoms. The van der Waals surface area contributed by atoms with Gasteiger partial charge < -0.3 is 4.90 Å². The Hall–Kier alpha value is -2.96. The zero-order chi connectivity index (χ0) is 17.4. The second-order valence-electron chi connectivity index (χ2n) is 6.36. The number of aromatic nitrogens is 5. The first-order valence-corrected chi connectivity index (χ1v) is 8.43. The standard InChI is InChI=1S/C18H20N6O/c1-12-11-14(22-23(12)2)18(25)24-10-6-9-15(24)17-19-16(20-21-17)13-7-4-3-5-8-13/h3-5,7-8,11,15H,6,9-10H2,1-2H3,(H,19,20,21)/t15-/m0/s1. The largest absolute Gasteiger partial charge is 0.327 e. The lowest BCUT2D eigenvalue weighted by atomic mass is 10.2. The number of likely N-dealkylation sites (tertiary alicyclic amines) is 1. The van der Waals surface area contributed by atoms with Crippen LogP contribution in [-0.2, 0) is 7.05 Å². The second kappa shape index (κ2) is 6.16. The number of aromatic amines is 1. The molecule has 7 heteroatoms. The van der Waals surface area contributed by atoms with E-state index in [1.165, 1.54) is 0 Å². The molecular weight excluding hydrogens is 316 g/mol. The third kappa shape index (κ3) is 2.82. The summed E-state index contributed by atoms with van der Waals surface area (Å²) in [6.45, 7) is 2.65. The van der Waals surface area contributed by atoms with Gasteiger partial charge in [0.15, 0.2) is 11.5 Å². The van der Waals surface area contributed by atoms with Gasteiger partial charge in [0, 0.05) is 24.8 Å². The molecule has 7 nitrogen and oxygen atoms in total. The maximum Gasteiger partial charge on any atom is 0.274 e. The number of H-pyrrole nitrogens is 1. The van der Waals surface area contributed by atoms with Crippen molar-refractivity contribution in [2.45, 2.75) is 25.8 Å². The predicted molar refractivity (Wildman–Crippen MR) is 92.8 cm³/mol. The number of hydrogen-bond donors (Lipinski definition) is 1. The number of benzene rings is 1. The van der Waals surface area contributed by atoms with Crippen molar-refractivity contribution in [1.29, 1.82) is 0 Å². The molecule has 2 aromatic heterocycles. The van der Waals surface area contributed by atoms with Crippen molar-refractivity contribution < 1.29 is 4.79 Å². The summed E-state index contributed by atoms with van der Waals surface area (Å²) < 4.78 is 1.72. The minimum absolute atomic E-state index is 0.0520.